The predicted octanol–water partition coefficient (Wildman–Crippen LogP) is 6.32. The molecule has 6 heteroatoms. The first-order chi connectivity index (χ1) is 19.5. The molecule has 1 aromatic heterocycles. The Hall–Kier alpha value is -4.32. The Bertz CT molecular complexity index is 1380. The molecule has 208 valence electrons. The molecule has 0 saturated heterocycles. The lowest BCUT2D eigenvalue weighted by atomic mass is 10.1. The lowest BCUT2D eigenvalue weighted by Crippen LogP contribution is -2.43. The van der Waals surface area contributed by atoms with E-state index in [1.807, 2.05) is 96.9 Å². The van der Waals surface area contributed by atoms with E-state index in [-0.39, 0.29) is 18.4 Å². The van der Waals surface area contributed by atoms with E-state index >= 15 is 0 Å². The summed E-state index contributed by atoms with van der Waals surface area (Å²) in [6.07, 6.45) is 3.82. The number of nitrogens with zero attached hydrogens (tertiary/aromatic N) is 3. The van der Waals surface area contributed by atoms with Crippen LogP contribution < -0.4 is 4.74 Å². The van der Waals surface area contributed by atoms with Crippen LogP contribution in [0.15, 0.2) is 97.2 Å². The topological polar surface area (TPSA) is 54.8 Å². The molecule has 0 N–H and O–H groups in total. The normalized spacial score (nSPS) is 10.8. The number of unbranched alkanes of at least 4 members (excludes halogenated alkanes) is 1. The minimum atomic E-state index is -0.108. The Balaban J connectivity index is 1.56. The van der Waals surface area contributed by atoms with Gasteiger partial charge in [-0.05, 0) is 60.9 Å². The van der Waals surface area contributed by atoms with Crippen molar-refractivity contribution in [1.29, 1.82) is 0 Å². The second-order valence-electron chi connectivity index (χ2n) is 10.2. The molecule has 3 aromatic carbocycles. The van der Waals surface area contributed by atoms with Crippen molar-refractivity contribution in [3.8, 4) is 5.75 Å². The zero-order valence-corrected chi connectivity index (χ0v) is 23.8. The first-order valence-corrected chi connectivity index (χ1v) is 13.9. The zero-order valence-electron chi connectivity index (χ0n) is 23.8. The van der Waals surface area contributed by atoms with Crippen LogP contribution >= 0.6 is 0 Å². The van der Waals surface area contributed by atoms with Gasteiger partial charge in [0.1, 0.15) is 12.3 Å². The molecule has 0 fully saturated rings. The van der Waals surface area contributed by atoms with Crippen LogP contribution in [0, 0.1) is 6.92 Å². The second-order valence-corrected chi connectivity index (χ2v) is 10.2. The van der Waals surface area contributed by atoms with Gasteiger partial charge < -0.3 is 19.1 Å². The molecule has 0 radical (unpaired) electrons. The number of hydrogen-bond acceptors (Lipinski definition) is 3. The number of carbonyl (C=O) groups excluding carboxylic acids is 2. The van der Waals surface area contributed by atoms with Gasteiger partial charge in [0.2, 0.25) is 5.91 Å². The number of benzene rings is 3. The standard InChI is InChI=1S/C34H39N3O3/c1-4-5-20-36(34(39)30-18-16-27(2)17-19-30)26-33(38)37(23-28-11-7-6-8-12-28)25-31-14-10-21-35(31)24-29-13-9-15-32(22-29)40-3/h6-19,21-22H,4-5,20,23-26H2,1-3H3. The fourth-order valence-electron chi connectivity index (χ4n) is 4.69. The first-order valence-electron chi connectivity index (χ1n) is 13.9. The minimum Gasteiger partial charge on any atom is -0.497 e. The van der Waals surface area contributed by atoms with Crippen LogP contribution in [0.2, 0.25) is 0 Å². The highest BCUT2D eigenvalue weighted by atomic mass is 16.5. The first kappa shape index (κ1) is 28.7. The van der Waals surface area contributed by atoms with Crippen LogP contribution in [0.1, 0.15) is 52.5 Å². The van der Waals surface area contributed by atoms with Gasteiger partial charge in [0, 0.05) is 37.1 Å². The maximum absolute atomic E-state index is 13.9. The third kappa shape index (κ3) is 7.85. The maximum atomic E-state index is 13.9. The van der Waals surface area contributed by atoms with Crippen LogP contribution in [0.3, 0.4) is 0 Å². The van der Waals surface area contributed by atoms with Gasteiger partial charge in [0.15, 0.2) is 0 Å². The number of ether oxygens (including phenoxy) is 1. The molecule has 2 amide bonds. The summed E-state index contributed by atoms with van der Waals surface area (Å²) in [5.41, 5.74) is 4.89. The van der Waals surface area contributed by atoms with Gasteiger partial charge in [-0.2, -0.15) is 0 Å². The molecule has 4 rings (SSSR count). The molecule has 0 aliphatic heterocycles. The van der Waals surface area contributed by atoms with Gasteiger partial charge in [0.25, 0.3) is 5.91 Å². The smallest absolute Gasteiger partial charge is 0.254 e. The van der Waals surface area contributed by atoms with Crippen LogP contribution in [-0.2, 0) is 24.4 Å². The van der Waals surface area contributed by atoms with Crippen molar-refractivity contribution in [2.45, 2.75) is 46.3 Å². The molecule has 0 aliphatic carbocycles. The summed E-state index contributed by atoms with van der Waals surface area (Å²) >= 11 is 0. The summed E-state index contributed by atoms with van der Waals surface area (Å²) in [7, 11) is 1.67. The van der Waals surface area contributed by atoms with Gasteiger partial charge in [-0.25, -0.2) is 0 Å². The van der Waals surface area contributed by atoms with Gasteiger partial charge in [-0.1, -0.05) is 73.5 Å². The summed E-state index contributed by atoms with van der Waals surface area (Å²) in [5.74, 6) is 0.634. The molecule has 0 spiro atoms. The van der Waals surface area contributed by atoms with Gasteiger partial charge >= 0.3 is 0 Å². The van der Waals surface area contributed by atoms with E-state index in [9.17, 15) is 9.59 Å². The van der Waals surface area contributed by atoms with E-state index in [0.29, 0.717) is 31.7 Å². The molecule has 0 atom stereocenters. The zero-order chi connectivity index (χ0) is 28.3. The highest BCUT2D eigenvalue weighted by molar-refractivity contribution is 5.96. The van der Waals surface area contributed by atoms with Crippen molar-refractivity contribution >= 4 is 11.8 Å². The Morgan fingerprint density at radius 3 is 2.30 bits per heavy atom. The fraction of sp³-hybridized carbons (Fsp3) is 0.294. The molecule has 0 bridgehead atoms. The third-order valence-electron chi connectivity index (χ3n) is 7.03. The number of aromatic nitrogens is 1. The van der Waals surface area contributed by atoms with Crippen LogP contribution in [0.5, 0.6) is 5.75 Å². The van der Waals surface area contributed by atoms with Crippen LogP contribution in [-0.4, -0.2) is 46.4 Å². The molecular formula is C34H39N3O3. The summed E-state index contributed by atoms with van der Waals surface area (Å²) in [6.45, 7) is 6.24. The summed E-state index contributed by atoms with van der Waals surface area (Å²) in [6, 6.07) is 29.6. The Kier molecular flexibility index (Phi) is 10.2. The van der Waals surface area contributed by atoms with E-state index in [1.165, 1.54) is 0 Å². The number of rotatable bonds is 13. The molecule has 0 unspecified atom stereocenters. The number of hydrogen-bond donors (Lipinski definition) is 0. The highest BCUT2D eigenvalue weighted by Crippen LogP contribution is 2.18. The van der Waals surface area contributed by atoms with E-state index in [1.54, 1.807) is 12.0 Å². The monoisotopic (exact) mass is 537 g/mol. The minimum absolute atomic E-state index is 0.0378. The lowest BCUT2D eigenvalue weighted by molar-refractivity contribution is -0.133. The summed E-state index contributed by atoms with van der Waals surface area (Å²) < 4.78 is 7.55. The molecule has 1 heterocycles. The number of methoxy groups -OCH3 is 1. The van der Waals surface area contributed by atoms with Crippen molar-refractivity contribution in [3.63, 3.8) is 0 Å². The SMILES string of the molecule is CCCCN(CC(=O)N(Cc1ccccc1)Cc1cccn1Cc1cccc(OC)c1)C(=O)c1ccc(C)cc1. The maximum Gasteiger partial charge on any atom is 0.254 e. The van der Waals surface area contributed by atoms with Gasteiger partial charge in [-0.15, -0.1) is 0 Å². The van der Waals surface area contributed by atoms with E-state index in [2.05, 4.69) is 23.6 Å². The van der Waals surface area contributed by atoms with Crippen molar-refractivity contribution in [2.75, 3.05) is 20.2 Å². The molecule has 40 heavy (non-hydrogen) atoms. The van der Waals surface area contributed by atoms with E-state index < -0.39 is 0 Å². The molecule has 4 aromatic rings. The molecular weight excluding hydrogens is 498 g/mol. The van der Waals surface area contributed by atoms with Crippen LogP contribution in [0.4, 0.5) is 0 Å². The van der Waals surface area contributed by atoms with Crippen molar-refractivity contribution in [1.82, 2.24) is 14.4 Å². The fourth-order valence-corrected chi connectivity index (χ4v) is 4.69. The van der Waals surface area contributed by atoms with Crippen molar-refractivity contribution < 1.29 is 14.3 Å². The number of amides is 2. The van der Waals surface area contributed by atoms with Gasteiger partial charge in [0.05, 0.1) is 13.7 Å². The summed E-state index contributed by atoms with van der Waals surface area (Å²) in [5, 5.41) is 0. The molecule has 0 saturated carbocycles. The number of carbonyl (C=O) groups is 2. The summed E-state index contributed by atoms with van der Waals surface area (Å²) in [4.78, 5) is 30.9. The molecule has 6 nitrogen and oxygen atoms in total. The highest BCUT2D eigenvalue weighted by Gasteiger charge is 2.23. The Morgan fingerprint density at radius 2 is 1.57 bits per heavy atom. The Morgan fingerprint density at radius 1 is 0.825 bits per heavy atom. The predicted molar refractivity (Wildman–Crippen MR) is 159 cm³/mol. The van der Waals surface area contributed by atoms with E-state index in [0.717, 1.165) is 41.0 Å². The quantitative estimate of drug-likeness (QED) is 0.200. The molecule has 0 aliphatic rings. The van der Waals surface area contributed by atoms with Crippen LogP contribution in [0.25, 0.3) is 0 Å². The Labute approximate surface area is 237 Å². The van der Waals surface area contributed by atoms with E-state index in [4.69, 9.17) is 4.74 Å². The lowest BCUT2D eigenvalue weighted by Gasteiger charge is -2.28. The van der Waals surface area contributed by atoms with Crippen molar-refractivity contribution in [3.05, 3.63) is 125 Å². The second kappa shape index (κ2) is 14.2. The average molecular weight is 538 g/mol. The number of aryl methyl sites for hydroxylation is 1. The largest absolute Gasteiger partial charge is 0.497 e. The average Bonchev–Trinajstić information content (AvgIpc) is 3.41. The van der Waals surface area contributed by atoms with Crippen molar-refractivity contribution in [2.24, 2.45) is 0 Å². The van der Waals surface area contributed by atoms with Gasteiger partial charge in [-0.3, -0.25) is 9.59 Å². The third-order valence-corrected chi connectivity index (χ3v) is 7.03.